The number of aryl methyl sites for hydroxylation is 2. The van der Waals surface area contributed by atoms with Crippen molar-refractivity contribution >= 4 is 17.3 Å². The van der Waals surface area contributed by atoms with E-state index in [1.807, 2.05) is 13.8 Å². The number of carbonyl (C=O) groups is 3. The molecule has 0 spiro atoms. The van der Waals surface area contributed by atoms with E-state index in [0.717, 1.165) is 48.8 Å². The SMILES string of the molecule is CC(=O)C1=C(C)CC2(C)CC3(C)Cc4c(CCCC(C)C)ccc(C)c4C(=O)C3C(C)C2(C)C1=O. The average molecular weight is 477 g/mol. The monoisotopic (exact) mass is 476 g/mol. The number of allylic oxidation sites excluding steroid dienone is 2. The number of benzene rings is 1. The first-order chi connectivity index (χ1) is 16.2. The molecule has 3 aliphatic rings. The minimum atomic E-state index is -0.729. The van der Waals surface area contributed by atoms with Gasteiger partial charge in [-0.05, 0) is 92.2 Å². The molecule has 1 aromatic rings. The van der Waals surface area contributed by atoms with E-state index >= 15 is 0 Å². The summed E-state index contributed by atoms with van der Waals surface area (Å²) in [5.41, 5.74) is 4.65. The molecule has 0 bridgehead atoms. The maximum atomic E-state index is 14.3. The van der Waals surface area contributed by atoms with Crippen molar-refractivity contribution < 1.29 is 14.4 Å². The van der Waals surface area contributed by atoms with Crippen molar-refractivity contribution in [3.63, 3.8) is 0 Å². The van der Waals surface area contributed by atoms with Gasteiger partial charge in [0.2, 0.25) is 0 Å². The molecule has 1 aromatic carbocycles. The first-order valence-corrected chi connectivity index (χ1v) is 13.6. The highest BCUT2D eigenvalue weighted by Crippen LogP contribution is 2.68. The number of fused-ring (bicyclic) bond motifs is 3. The van der Waals surface area contributed by atoms with Gasteiger partial charge in [-0.2, -0.15) is 0 Å². The van der Waals surface area contributed by atoms with Crippen molar-refractivity contribution in [3.8, 4) is 0 Å². The fourth-order valence-electron chi connectivity index (χ4n) is 8.55. The van der Waals surface area contributed by atoms with Gasteiger partial charge in [-0.1, -0.05) is 65.7 Å². The van der Waals surface area contributed by atoms with E-state index in [1.54, 1.807) is 0 Å². The molecule has 5 atom stereocenters. The molecule has 0 saturated heterocycles. The fourth-order valence-corrected chi connectivity index (χ4v) is 8.55. The highest BCUT2D eigenvalue weighted by Gasteiger charge is 2.67. The standard InChI is InChI=1S/C32H44O3/c1-18(2)11-10-12-23-14-13-19(3)26-24(23)16-30(7)17-31(8)15-20(4)25(22(6)33)29(35)32(31,9)21(5)27(30)28(26)34/h13-14,18,21,27H,10-12,15-17H2,1-9H3. The van der Waals surface area contributed by atoms with Crippen LogP contribution in [-0.4, -0.2) is 17.3 Å². The molecule has 3 heteroatoms. The molecule has 5 unspecified atom stereocenters. The van der Waals surface area contributed by atoms with Crippen LogP contribution in [0.1, 0.15) is 108 Å². The van der Waals surface area contributed by atoms with Crippen LogP contribution in [-0.2, 0) is 22.4 Å². The van der Waals surface area contributed by atoms with Gasteiger partial charge in [0.15, 0.2) is 17.3 Å². The summed E-state index contributed by atoms with van der Waals surface area (Å²) in [5, 5.41) is 0. The molecule has 1 saturated carbocycles. The predicted octanol–water partition coefficient (Wildman–Crippen LogP) is 7.27. The minimum absolute atomic E-state index is 0.0384. The zero-order valence-corrected chi connectivity index (χ0v) is 23.4. The normalized spacial score (nSPS) is 34.6. The van der Waals surface area contributed by atoms with Gasteiger partial charge in [-0.25, -0.2) is 0 Å². The second-order valence-corrected chi connectivity index (χ2v) is 13.3. The molecular weight excluding hydrogens is 432 g/mol. The lowest BCUT2D eigenvalue weighted by Gasteiger charge is -2.64. The molecule has 1 fully saturated rings. The number of Topliss-reactive ketones (excluding diaryl/α,β-unsaturated/α-hetero) is 3. The van der Waals surface area contributed by atoms with Gasteiger partial charge >= 0.3 is 0 Å². The van der Waals surface area contributed by atoms with Crippen LogP contribution in [0.5, 0.6) is 0 Å². The third-order valence-electron chi connectivity index (χ3n) is 10.3. The molecule has 3 nitrogen and oxygen atoms in total. The highest BCUT2D eigenvalue weighted by molar-refractivity contribution is 6.23. The molecule has 190 valence electrons. The van der Waals surface area contributed by atoms with E-state index in [9.17, 15) is 14.4 Å². The first-order valence-electron chi connectivity index (χ1n) is 13.6. The quantitative estimate of drug-likeness (QED) is 0.420. The Kier molecular flexibility index (Phi) is 6.34. The van der Waals surface area contributed by atoms with Crippen LogP contribution >= 0.6 is 0 Å². The van der Waals surface area contributed by atoms with E-state index in [-0.39, 0.29) is 40.0 Å². The van der Waals surface area contributed by atoms with Crippen molar-refractivity contribution in [2.45, 2.75) is 101 Å². The molecule has 0 amide bonds. The summed E-state index contributed by atoms with van der Waals surface area (Å²) in [5.74, 6) is 0.369. The Labute approximate surface area is 212 Å². The molecule has 4 rings (SSSR count). The van der Waals surface area contributed by atoms with Gasteiger partial charge < -0.3 is 0 Å². The van der Waals surface area contributed by atoms with Crippen LogP contribution < -0.4 is 0 Å². The minimum Gasteiger partial charge on any atom is -0.294 e. The third kappa shape index (κ3) is 3.71. The van der Waals surface area contributed by atoms with E-state index < -0.39 is 5.41 Å². The summed E-state index contributed by atoms with van der Waals surface area (Å²) in [6.07, 6.45) is 5.80. The van der Waals surface area contributed by atoms with Gasteiger partial charge in [0.05, 0.1) is 5.57 Å². The Balaban J connectivity index is 1.83. The summed E-state index contributed by atoms with van der Waals surface area (Å²) < 4.78 is 0. The number of ketones is 3. The van der Waals surface area contributed by atoms with E-state index in [2.05, 4.69) is 53.7 Å². The average Bonchev–Trinajstić information content (AvgIpc) is 2.71. The Hall–Kier alpha value is -2.03. The Morgan fingerprint density at radius 3 is 2.34 bits per heavy atom. The summed E-state index contributed by atoms with van der Waals surface area (Å²) in [6, 6.07) is 4.37. The fraction of sp³-hybridized carbons (Fsp3) is 0.656. The zero-order valence-electron chi connectivity index (χ0n) is 23.4. The lowest BCUT2D eigenvalue weighted by molar-refractivity contribution is -0.159. The van der Waals surface area contributed by atoms with Crippen LogP contribution in [0.3, 0.4) is 0 Å². The molecule has 0 aromatic heterocycles. The molecule has 0 radical (unpaired) electrons. The van der Waals surface area contributed by atoms with Crippen molar-refractivity contribution in [2.24, 2.45) is 34.0 Å². The number of hydrogen-bond acceptors (Lipinski definition) is 3. The van der Waals surface area contributed by atoms with Gasteiger partial charge in [-0.3, -0.25) is 14.4 Å². The second-order valence-electron chi connectivity index (χ2n) is 13.3. The molecule has 0 N–H and O–H groups in total. The smallest absolute Gasteiger partial charge is 0.173 e. The Morgan fingerprint density at radius 1 is 1.09 bits per heavy atom. The van der Waals surface area contributed by atoms with Gasteiger partial charge in [-0.15, -0.1) is 0 Å². The Bertz CT molecular complexity index is 1140. The number of rotatable bonds is 5. The molecule has 35 heavy (non-hydrogen) atoms. The summed E-state index contributed by atoms with van der Waals surface area (Å²) in [6.45, 7) is 18.7. The van der Waals surface area contributed by atoms with Gasteiger partial charge in [0.25, 0.3) is 0 Å². The molecule has 0 heterocycles. The van der Waals surface area contributed by atoms with Crippen LogP contribution in [0.2, 0.25) is 0 Å². The lowest BCUT2D eigenvalue weighted by Crippen LogP contribution is -2.64. The third-order valence-corrected chi connectivity index (χ3v) is 10.3. The van der Waals surface area contributed by atoms with Crippen molar-refractivity contribution in [1.29, 1.82) is 0 Å². The number of hydrogen-bond donors (Lipinski definition) is 0. The molecule has 3 aliphatic carbocycles. The predicted molar refractivity (Wildman–Crippen MR) is 142 cm³/mol. The van der Waals surface area contributed by atoms with Crippen LogP contribution in [0.15, 0.2) is 23.3 Å². The van der Waals surface area contributed by atoms with E-state index in [1.165, 1.54) is 24.5 Å². The van der Waals surface area contributed by atoms with Crippen molar-refractivity contribution in [2.75, 3.05) is 0 Å². The van der Waals surface area contributed by atoms with Gasteiger partial charge in [0.1, 0.15) is 0 Å². The van der Waals surface area contributed by atoms with Crippen molar-refractivity contribution in [1.82, 2.24) is 0 Å². The van der Waals surface area contributed by atoms with Crippen molar-refractivity contribution in [3.05, 3.63) is 45.5 Å². The lowest BCUT2D eigenvalue weighted by atomic mass is 9.37. The largest absolute Gasteiger partial charge is 0.294 e. The van der Waals surface area contributed by atoms with Crippen LogP contribution in [0, 0.1) is 40.9 Å². The Morgan fingerprint density at radius 2 is 1.74 bits per heavy atom. The van der Waals surface area contributed by atoms with E-state index in [0.29, 0.717) is 11.5 Å². The van der Waals surface area contributed by atoms with Gasteiger partial charge in [0, 0.05) is 16.9 Å². The molecule has 0 aliphatic heterocycles. The highest BCUT2D eigenvalue weighted by atomic mass is 16.2. The zero-order chi connectivity index (χ0) is 26.1. The summed E-state index contributed by atoms with van der Waals surface area (Å²) in [7, 11) is 0. The second kappa shape index (κ2) is 8.53. The number of carbonyl (C=O) groups excluding carboxylic acids is 3. The summed E-state index contributed by atoms with van der Waals surface area (Å²) >= 11 is 0. The van der Waals surface area contributed by atoms with Crippen LogP contribution in [0.25, 0.3) is 0 Å². The van der Waals surface area contributed by atoms with Crippen LogP contribution in [0.4, 0.5) is 0 Å². The topological polar surface area (TPSA) is 51.2 Å². The van der Waals surface area contributed by atoms with E-state index in [4.69, 9.17) is 0 Å². The maximum Gasteiger partial charge on any atom is 0.173 e. The maximum absolute atomic E-state index is 14.3. The summed E-state index contributed by atoms with van der Waals surface area (Å²) in [4.78, 5) is 40.8. The first kappa shape index (κ1) is 26.0. The molecular formula is C32H44O3.